The number of anilines is 1. The lowest BCUT2D eigenvalue weighted by atomic mass is 10.00. The van der Waals surface area contributed by atoms with E-state index in [1.165, 1.54) is 10.7 Å². The number of sulfonamides is 1. The fourth-order valence-corrected chi connectivity index (χ4v) is 3.70. The van der Waals surface area contributed by atoms with Gasteiger partial charge in [-0.25, -0.2) is 14.5 Å². The molecule has 3 rings (SSSR count). The molecule has 2 aromatic heterocycles. The van der Waals surface area contributed by atoms with E-state index < -0.39 is 16.1 Å². The van der Waals surface area contributed by atoms with Crippen LogP contribution in [0.25, 0.3) is 5.69 Å². The highest BCUT2D eigenvalue weighted by Crippen LogP contribution is 2.30. The Morgan fingerprint density at radius 1 is 1.10 bits per heavy atom. The quantitative estimate of drug-likeness (QED) is 0.641. The van der Waals surface area contributed by atoms with Crippen molar-refractivity contribution >= 4 is 21.7 Å². The van der Waals surface area contributed by atoms with E-state index in [-0.39, 0.29) is 17.0 Å². The standard InChI is InChI=1S/C19H24N6O3S/c1-13(2)15-6-5-7-16(24-11-9-20-12-24)18(15)21-19(26)23-29(27,28)17-8-10-25(22-17)14(3)4/h5-14H,1-4H3,(H2,21,23,26). The smallest absolute Gasteiger partial charge is 0.305 e. The monoisotopic (exact) mass is 416 g/mol. The first-order chi connectivity index (χ1) is 13.7. The van der Waals surface area contributed by atoms with Gasteiger partial charge in [0.15, 0.2) is 5.03 Å². The Bertz CT molecular complexity index is 1100. The minimum atomic E-state index is -4.11. The molecule has 0 spiro atoms. The first kappa shape index (κ1) is 20.6. The molecule has 0 atom stereocenters. The normalized spacial score (nSPS) is 11.8. The van der Waals surface area contributed by atoms with Gasteiger partial charge in [0.05, 0.1) is 17.7 Å². The average Bonchev–Trinajstić information content (AvgIpc) is 3.33. The molecule has 3 aromatic rings. The maximum atomic E-state index is 12.6. The van der Waals surface area contributed by atoms with E-state index in [2.05, 4.69) is 15.4 Å². The number of carbonyl (C=O) groups excluding carboxylic acids is 1. The molecule has 0 aliphatic rings. The summed E-state index contributed by atoms with van der Waals surface area (Å²) < 4.78 is 30.4. The van der Waals surface area contributed by atoms with Gasteiger partial charge < -0.3 is 9.88 Å². The van der Waals surface area contributed by atoms with Gasteiger partial charge in [0.25, 0.3) is 10.0 Å². The number of hydrogen-bond acceptors (Lipinski definition) is 5. The molecule has 0 saturated carbocycles. The van der Waals surface area contributed by atoms with Crippen LogP contribution in [0.2, 0.25) is 0 Å². The van der Waals surface area contributed by atoms with Gasteiger partial charge in [-0.3, -0.25) is 4.68 Å². The fourth-order valence-electron chi connectivity index (χ4n) is 2.86. The third kappa shape index (κ3) is 4.48. The lowest BCUT2D eigenvalue weighted by molar-refractivity contribution is 0.256. The van der Waals surface area contributed by atoms with E-state index >= 15 is 0 Å². The van der Waals surface area contributed by atoms with E-state index in [1.807, 2.05) is 50.6 Å². The summed E-state index contributed by atoms with van der Waals surface area (Å²) >= 11 is 0. The summed E-state index contributed by atoms with van der Waals surface area (Å²) in [6, 6.07) is 6.08. The average molecular weight is 417 g/mol. The second-order valence-electron chi connectivity index (χ2n) is 7.15. The van der Waals surface area contributed by atoms with Gasteiger partial charge >= 0.3 is 6.03 Å². The van der Waals surface area contributed by atoms with Crippen molar-refractivity contribution in [1.29, 1.82) is 0 Å². The molecule has 2 N–H and O–H groups in total. The van der Waals surface area contributed by atoms with Crippen LogP contribution in [0.15, 0.2) is 54.2 Å². The molecule has 10 heteroatoms. The number of benzene rings is 1. The van der Waals surface area contributed by atoms with Gasteiger partial charge in [-0.15, -0.1) is 0 Å². The Balaban J connectivity index is 1.88. The van der Waals surface area contributed by atoms with Gasteiger partial charge in [0, 0.05) is 24.6 Å². The van der Waals surface area contributed by atoms with Gasteiger partial charge in [-0.05, 0) is 37.5 Å². The Morgan fingerprint density at radius 2 is 1.86 bits per heavy atom. The van der Waals surface area contributed by atoms with Gasteiger partial charge in [-0.2, -0.15) is 13.5 Å². The van der Waals surface area contributed by atoms with Crippen molar-refractivity contribution in [3.05, 3.63) is 54.7 Å². The van der Waals surface area contributed by atoms with Crippen LogP contribution >= 0.6 is 0 Å². The summed E-state index contributed by atoms with van der Waals surface area (Å²) in [4.78, 5) is 16.6. The number of hydrogen-bond donors (Lipinski definition) is 2. The van der Waals surface area contributed by atoms with Crippen molar-refractivity contribution in [3.63, 3.8) is 0 Å². The van der Waals surface area contributed by atoms with Crippen molar-refractivity contribution < 1.29 is 13.2 Å². The highest BCUT2D eigenvalue weighted by Gasteiger charge is 2.23. The summed E-state index contributed by atoms with van der Waals surface area (Å²) in [7, 11) is -4.11. The van der Waals surface area contributed by atoms with Crippen LogP contribution in [0, 0.1) is 0 Å². The van der Waals surface area contributed by atoms with Gasteiger partial charge in [-0.1, -0.05) is 26.0 Å². The Hall–Kier alpha value is -3.14. The Labute approximate surface area is 169 Å². The van der Waals surface area contributed by atoms with E-state index in [4.69, 9.17) is 0 Å². The molecule has 0 fully saturated rings. The molecule has 0 aliphatic heterocycles. The molecule has 1 aromatic carbocycles. The first-order valence-electron chi connectivity index (χ1n) is 9.19. The molecule has 9 nitrogen and oxygen atoms in total. The second-order valence-corrected chi connectivity index (χ2v) is 8.78. The van der Waals surface area contributed by atoms with Crippen LogP contribution < -0.4 is 10.0 Å². The van der Waals surface area contributed by atoms with E-state index in [1.54, 1.807) is 29.5 Å². The highest BCUT2D eigenvalue weighted by atomic mass is 32.2. The number of imidazole rings is 1. The molecule has 0 bridgehead atoms. The summed E-state index contributed by atoms with van der Waals surface area (Å²) in [5.41, 5.74) is 2.07. The molecule has 2 amide bonds. The summed E-state index contributed by atoms with van der Waals surface area (Å²) in [6.07, 6.45) is 6.54. The number of rotatable bonds is 6. The van der Waals surface area contributed by atoms with Crippen LogP contribution in [0.5, 0.6) is 0 Å². The number of nitrogens with one attached hydrogen (secondary N) is 2. The number of urea groups is 1. The summed E-state index contributed by atoms with van der Waals surface area (Å²) in [6.45, 7) is 7.74. The zero-order valence-electron chi connectivity index (χ0n) is 16.7. The van der Waals surface area contributed by atoms with Crippen LogP contribution in [-0.4, -0.2) is 33.8 Å². The third-order valence-corrected chi connectivity index (χ3v) is 5.56. The Kier molecular flexibility index (Phi) is 5.73. The molecule has 0 saturated heterocycles. The topological polar surface area (TPSA) is 111 Å². The summed E-state index contributed by atoms with van der Waals surface area (Å²) in [5, 5.41) is 6.50. The first-order valence-corrected chi connectivity index (χ1v) is 10.7. The number of aromatic nitrogens is 4. The van der Waals surface area contributed by atoms with Crippen molar-refractivity contribution in [3.8, 4) is 5.69 Å². The van der Waals surface area contributed by atoms with Gasteiger partial charge in [0.2, 0.25) is 0 Å². The predicted molar refractivity (Wildman–Crippen MR) is 110 cm³/mol. The third-order valence-electron chi connectivity index (χ3n) is 4.33. The molecule has 0 unspecified atom stereocenters. The lowest BCUT2D eigenvalue weighted by Crippen LogP contribution is -2.35. The van der Waals surface area contributed by atoms with Gasteiger partial charge in [0.1, 0.15) is 0 Å². The molecule has 0 radical (unpaired) electrons. The molecular weight excluding hydrogens is 392 g/mol. The maximum Gasteiger partial charge on any atom is 0.333 e. The number of nitrogens with zero attached hydrogens (tertiary/aromatic N) is 4. The number of para-hydroxylation sites is 1. The number of carbonyl (C=O) groups is 1. The second kappa shape index (κ2) is 8.08. The Morgan fingerprint density at radius 3 is 2.45 bits per heavy atom. The zero-order chi connectivity index (χ0) is 21.2. The molecular formula is C19H24N6O3S. The SMILES string of the molecule is CC(C)c1cccc(-n2ccnc2)c1NC(=O)NS(=O)(=O)c1ccn(C(C)C)n1. The molecule has 154 valence electrons. The minimum Gasteiger partial charge on any atom is -0.305 e. The largest absolute Gasteiger partial charge is 0.333 e. The molecule has 0 aliphatic carbocycles. The van der Waals surface area contributed by atoms with Crippen LogP contribution in [-0.2, 0) is 10.0 Å². The molecule has 2 heterocycles. The van der Waals surface area contributed by atoms with Crippen molar-refractivity contribution in [2.24, 2.45) is 0 Å². The van der Waals surface area contributed by atoms with Crippen LogP contribution in [0.3, 0.4) is 0 Å². The number of amides is 2. The summed E-state index contributed by atoms with van der Waals surface area (Å²) in [5.74, 6) is 0.104. The lowest BCUT2D eigenvalue weighted by Gasteiger charge is -2.18. The molecule has 29 heavy (non-hydrogen) atoms. The highest BCUT2D eigenvalue weighted by molar-refractivity contribution is 7.90. The van der Waals surface area contributed by atoms with Crippen LogP contribution in [0.4, 0.5) is 10.5 Å². The maximum absolute atomic E-state index is 12.6. The van der Waals surface area contributed by atoms with E-state index in [0.717, 1.165) is 5.56 Å². The van der Waals surface area contributed by atoms with Crippen LogP contribution in [0.1, 0.15) is 45.2 Å². The fraction of sp³-hybridized carbons (Fsp3) is 0.316. The van der Waals surface area contributed by atoms with Crippen molar-refractivity contribution in [2.45, 2.75) is 44.7 Å². The van der Waals surface area contributed by atoms with Crippen molar-refractivity contribution in [1.82, 2.24) is 24.1 Å². The minimum absolute atomic E-state index is 0.00318. The predicted octanol–water partition coefficient (Wildman–Crippen LogP) is 3.28. The van der Waals surface area contributed by atoms with E-state index in [0.29, 0.717) is 11.4 Å². The van der Waals surface area contributed by atoms with E-state index in [9.17, 15) is 13.2 Å². The zero-order valence-corrected chi connectivity index (χ0v) is 17.5. The van der Waals surface area contributed by atoms with Crippen molar-refractivity contribution in [2.75, 3.05) is 5.32 Å².